The van der Waals surface area contributed by atoms with Gasteiger partial charge in [-0.1, -0.05) is 47.6 Å². The monoisotopic (exact) mass is 318 g/mol. The normalized spacial score (nSPS) is 18.8. The minimum Gasteiger partial charge on any atom is -0.372 e. The van der Waals surface area contributed by atoms with Gasteiger partial charge < -0.3 is 9.74 Å². The van der Waals surface area contributed by atoms with E-state index in [1.54, 1.807) is 0 Å². The maximum absolute atomic E-state index is 12.0. The summed E-state index contributed by atoms with van der Waals surface area (Å²) in [5, 5.41) is 3.94. The van der Waals surface area contributed by atoms with E-state index in [2.05, 4.69) is 22.2 Å². The zero-order chi connectivity index (χ0) is 16.4. The van der Waals surface area contributed by atoms with Crippen LogP contribution in [0.15, 0.2) is 65.3 Å². The first-order valence-electron chi connectivity index (χ1n) is 8.23. The number of nitrogens with zero attached hydrogens (tertiary/aromatic N) is 2. The fourth-order valence-electron chi connectivity index (χ4n) is 3.14. The lowest BCUT2D eigenvalue weighted by molar-refractivity contribution is -0.136. The maximum atomic E-state index is 12.0. The van der Waals surface area contributed by atoms with Gasteiger partial charge in [0.25, 0.3) is 0 Å². The van der Waals surface area contributed by atoms with E-state index in [0.717, 1.165) is 24.2 Å². The molecular weight excluding hydrogens is 300 g/mol. The molecular formula is C20H18N2O2. The maximum Gasteiger partial charge on any atom is 0.368 e. The van der Waals surface area contributed by atoms with Crippen molar-refractivity contribution in [3.8, 4) is 0 Å². The number of hydrogen-bond acceptors (Lipinski definition) is 4. The van der Waals surface area contributed by atoms with E-state index in [0.29, 0.717) is 11.3 Å². The Morgan fingerprint density at radius 3 is 2.38 bits per heavy atom. The van der Waals surface area contributed by atoms with E-state index in [-0.39, 0.29) is 0 Å². The number of carbonyl (C=O) groups excluding carboxylic acids is 1. The minimum atomic E-state index is -0.405. The van der Waals surface area contributed by atoms with Gasteiger partial charge in [-0.2, -0.15) is 0 Å². The Bertz CT molecular complexity index is 801. The predicted molar refractivity (Wildman–Crippen MR) is 94.9 cm³/mol. The predicted octanol–water partition coefficient (Wildman–Crippen LogP) is 3.63. The molecule has 0 aromatic heterocycles. The van der Waals surface area contributed by atoms with Crippen molar-refractivity contribution in [2.45, 2.75) is 12.8 Å². The standard InChI is InChI=1S/C20H18N2O2/c23-20-18(19(21-24-20)16-6-2-1-3-7-16)14-15-8-10-17(11-9-15)22-12-4-5-13-22/h1-3,6-11,14H,4-5,12-13H2/b18-14-. The molecule has 0 aliphatic carbocycles. The highest BCUT2D eigenvalue weighted by molar-refractivity contribution is 6.31. The van der Waals surface area contributed by atoms with E-state index >= 15 is 0 Å². The molecule has 0 radical (unpaired) electrons. The van der Waals surface area contributed by atoms with Crippen molar-refractivity contribution in [1.82, 2.24) is 0 Å². The van der Waals surface area contributed by atoms with Crippen LogP contribution in [0, 0.1) is 0 Å². The van der Waals surface area contributed by atoms with E-state index in [9.17, 15) is 4.79 Å². The topological polar surface area (TPSA) is 41.9 Å². The van der Waals surface area contributed by atoms with Gasteiger partial charge in [0.15, 0.2) is 0 Å². The SMILES string of the molecule is O=C1ON=C(c2ccccc2)/C1=C/c1ccc(N2CCCC2)cc1. The summed E-state index contributed by atoms with van der Waals surface area (Å²) >= 11 is 0. The van der Waals surface area contributed by atoms with Crippen LogP contribution in [-0.2, 0) is 9.63 Å². The third-order valence-corrected chi connectivity index (χ3v) is 4.42. The van der Waals surface area contributed by atoms with Crippen molar-refractivity contribution in [2.75, 3.05) is 18.0 Å². The molecule has 2 aromatic carbocycles. The van der Waals surface area contributed by atoms with Gasteiger partial charge in [0.05, 0.1) is 5.57 Å². The molecule has 2 heterocycles. The molecule has 0 atom stereocenters. The molecule has 120 valence electrons. The average Bonchev–Trinajstić information content (AvgIpc) is 3.28. The Labute approximate surface area is 141 Å². The molecule has 2 aliphatic rings. The second-order valence-corrected chi connectivity index (χ2v) is 6.03. The van der Waals surface area contributed by atoms with Crippen molar-refractivity contribution in [2.24, 2.45) is 5.16 Å². The molecule has 24 heavy (non-hydrogen) atoms. The van der Waals surface area contributed by atoms with Crippen LogP contribution < -0.4 is 4.90 Å². The number of benzene rings is 2. The van der Waals surface area contributed by atoms with Crippen LogP contribution in [0.25, 0.3) is 6.08 Å². The van der Waals surface area contributed by atoms with Crippen molar-refractivity contribution >= 4 is 23.4 Å². The molecule has 0 N–H and O–H groups in total. The molecule has 2 aromatic rings. The van der Waals surface area contributed by atoms with Gasteiger partial charge in [-0.15, -0.1) is 0 Å². The summed E-state index contributed by atoms with van der Waals surface area (Å²) < 4.78 is 0. The highest BCUT2D eigenvalue weighted by Gasteiger charge is 2.26. The number of rotatable bonds is 3. The third kappa shape index (κ3) is 2.83. The molecule has 0 amide bonds. The summed E-state index contributed by atoms with van der Waals surface area (Å²) in [5.41, 5.74) is 4.17. The molecule has 0 bridgehead atoms. The molecule has 0 unspecified atom stereocenters. The largest absolute Gasteiger partial charge is 0.372 e. The number of anilines is 1. The molecule has 4 nitrogen and oxygen atoms in total. The van der Waals surface area contributed by atoms with Crippen molar-refractivity contribution in [3.05, 3.63) is 71.3 Å². The van der Waals surface area contributed by atoms with Crippen LogP contribution in [0.2, 0.25) is 0 Å². The summed E-state index contributed by atoms with van der Waals surface area (Å²) in [6.07, 6.45) is 4.36. The highest BCUT2D eigenvalue weighted by atomic mass is 16.7. The number of oxime groups is 1. The average molecular weight is 318 g/mol. The molecule has 2 aliphatic heterocycles. The Kier molecular flexibility index (Phi) is 3.87. The van der Waals surface area contributed by atoms with E-state index < -0.39 is 5.97 Å². The Hall–Kier alpha value is -2.88. The highest BCUT2D eigenvalue weighted by Crippen LogP contribution is 2.24. The fourth-order valence-corrected chi connectivity index (χ4v) is 3.14. The van der Waals surface area contributed by atoms with Crippen LogP contribution in [0.4, 0.5) is 5.69 Å². The minimum absolute atomic E-state index is 0.405. The van der Waals surface area contributed by atoms with Gasteiger partial charge in [-0.05, 0) is 36.6 Å². The van der Waals surface area contributed by atoms with Crippen LogP contribution in [0.5, 0.6) is 0 Å². The quantitative estimate of drug-likeness (QED) is 0.641. The van der Waals surface area contributed by atoms with Gasteiger partial charge in [0.2, 0.25) is 0 Å². The number of carbonyl (C=O) groups is 1. The van der Waals surface area contributed by atoms with Gasteiger partial charge >= 0.3 is 5.97 Å². The first-order valence-corrected chi connectivity index (χ1v) is 8.23. The van der Waals surface area contributed by atoms with Crippen molar-refractivity contribution in [3.63, 3.8) is 0 Å². The smallest absolute Gasteiger partial charge is 0.368 e. The first kappa shape index (κ1) is 14.7. The lowest BCUT2D eigenvalue weighted by Crippen LogP contribution is -2.17. The molecule has 1 saturated heterocycles. The van der Waals surface area contributed by atoms with E-state index in [4.69, 9.17) is 4.84 Å². The Morgan fingerprint density at radius 1 is 0.958 bits per heavy atom. The van der Waals surface area contributed by atoms with Gasteiger partial charge in [0, 0.05) is 24.3 Å². The van der Waals surface area contributed by atoms with Crippen LogP contribution >= 0.6 is 0 Å². The van der Waals surface area contributed by atoms with Gasteiger partial charge in [0.1, 0.15) is 5.71 Å². The summed E-state index contributed by atoms with van der Waals surface area (Å²) in [7, 11) is 0. The molecule has 0 spiro atoms. The molecule has 1 fully saturated rings. The van der Waals surface area contributed by atoms with E-state index in [1.165, 1.54) is 18.5 Å². The third-order valence-electron chi connectivity index (χ3n) is 4.42. The zero-order valence-corrected chi connectivity index (χ0v) is 13.3. The molecule has 0 saturated carbocycles. The van der Waals surface area contributed by atoms with Gasteiger partial charge in [-0.3, -0.25) is 0 Å². The zero-order valence-electron chi connectivity index (χ0n) is 13.3. The van der Waals surface area contributed by atoms with Crippen LogP contribution in [-0.4, -0.2) is 24.8 Å². The summed E-state index contributed by atoms with van der Waals surface area (Å²) in [6, 6.07) is 17.9. The lowest BCUT2D eigenvalue weighted by Gasteiger charge is -2.17. The second kappa shape index (κ2) is 6.32. The Balaban J connectivity index is 1.61. The molecule has 4 heteroatoms. The Morgan fingerprint density at radius 2 is 1.67 bits per heavy atom. The lowest BCUT2D eigenvalue weighted by atomic mass is 10.0. The summed E-state index contributed by atoms with van der Waals surface area (Å²) in [5.74, 6) is -0.405. The van der Waals surface area contributed by atoms with Crippen LogP contribution in [0.3, 0.4) is 0 Å². The molecule has 4 rings (SSSR count). The summed E-state index contributed by atoms with van der Waals surface area (Å²) in [6.45, 7) is 2.25. The van der Waals surface area contributed by atoms with Crippen LogP contribution in [0.1, 0.15) is 24.0 Å². The fraction of sp³-hybridized carbons (Fsp3) is 0.200. The number of hydrogen-bond donors (Lipinski definition) is 0. The van der Waals surface area contributed by atoms with Crippen molar-refractivity contribution in [1.29, 1.82) is 0 Å². The first-order chi connectivity index (χ1) is 11.8. The van der Waals surface area contributed by atoms with Crippen molar-refractivity contribution < 1.29 is 9.63 Å². The van der Waals surface area contributed by atoms with E-state index in [1.807, 2.05) is 48.5 Å². The second-order valence-electron chi connectivity index (χ2n) is 6.03. The van der Waals surface area contributed by atoms with Gasteiger partial charge in [-0.25, -0.2) is 4.79 Å². The summed E-state index contributed by atoms with van der Waals surface area (Å²) in [4.78, 5) is 19.3.